The maximum atomic E-state index is 12.5. The van der Waals surface area contributed by atoms with Crippen LogP contribution >= 0.6 is 9.24 Å². The third-order valence-corrected chi connectivity index (χ3v) is 7.31. The highest BCUT2D eigenvalue weighted by molar-refractivity contribution is 7.27. The Balaban J connectivity index is 1.37. The molecule has 1 unspecified atom stereocenters. The molecule has 0 spiro atoms. The number of nitrogens with zero attached hydrogens (tertiary/aromatic N) is 6. The molecular weight excluding hydrogens is 529 g/mol. The van der Waals surface area contributed by atoms with Gasteiger partial charge in [0.05, 0.1) is 18.8 Å². The van der Waals surface area contributed by atoms with Crippen LogP contribution in [0.3, 0.4) is 0 Å². The van der Waals surface area contributed by atoms with Crippen LogP contribution in [-0.4, -0.2) is 68.0 Å². The zero-order valence-corrected chi connectivity index (χ0v) is 24.7. The van der Waals surface area contributed by atoms with E-state index in [4.69, 9.17) is 19.4 Å². The van der Waals surface area contributed by atoms with Gasteiger partial charge in [0, 0.05) is 43.6 Å². The Bertz CT molecular complexity index is 1380. The Kier molecular flexibility index (Phi) is 8.24. The first-order valence-corrected chi connectivity index (χ1v) is 14.5. The number of hydrogen-bond acceptors (Lipinski definition) is 9. The molecule has 1 amide bonds. The number of ether oxygens (including phenoxy) is 2. The molecule has 1 saturated carbocycles. The average Bonchev–Trinajstić information content (AvgIpc) is 3.46. The smallest absolute Gasteiger partial charge is 0.422 e. The van der Waals surface area contributed by atoms with Crippen LogP contribution in [0.1, 0.15) is 81.0 Å². The second kappa shape index (κ2) is 11.7. The van der Waals surface area contributed by atoms with E-state index in [-0.39, 0.29) is 12.6 Å². The maximum Gasteiger partial charge on any atom is 0.422 e. The number of amides is 1. The molecule has 1 aliphatic heterocycles. The van der Waals surface area contributed by atoms with Crippen molar-refractivity contribution in [2.24, 2.45) is 0 Å². The van der Waals surface area contributed by atoms with E-state index in [0.717, 1.165) is 54.6 Å². The number of fused-ring (bicyclic) bond motifs is 1. The first-order valence-electron chi connectivity index (χ1n) is 13.9. The van der Waals surface area contributed by atoms with Crippen molar-refractivity contribution in [3.05, 3.63) is 47.5 Å². The fourth-order valence-corrected chi connectivity index (χ4v) is 5.38. The van der Waals surface area contributed by atoms with E-state index < -0.39 is 17.7 Å². The van der Waals surface area contributed by atoms with Crippen LogP contribution in [0.4, 0.5) is 10.6 Å². The molecule has 12 heteroatoms. The summed E-state index contributed by atoms with van der Waals surface area (Å²) >= 11 is 0. The molecule has 4 heterocycles. The lowest BCUT2D eigenvalue weighted by Crippen LogP contribution is -2.47. The molecule has 1 aliphatic carbocycles. The lowest BCUT2D eigenvalue weighted by molar-refractivity contribution is 0.0315. The largest absolute Gasteiger partial charge is 0.462 e. The monoisotopic (exact) mass is 567 g/mol. The highest BCUT2D eigenvalue weighted by Gasteiger charge is 2.33. The Morgan fingerprint density at radius 1 is 1.23 bits per heavy atom. The fraction of sp³-hybridized carbons (Fsp3) is 0.536. The third kappa shape index (κ3) is 6.53. The molecule has 1 saturated heterocycles. The Morgan fingerprint density at radius 3 is 2.75 bits per heavy atom. The molecule has 1 N–H and O–H groups in total. The topological polar surface area (TPSA) is 114 Å². The van der Waals surface area contributed by atoms with Gasteiger partial charge in [-0.15, -0.1) is 9.24 Å². The van der Waals surface area contributed by atoms with E-state index in [0.29, 0.717) is 30.2 Å². The summed E-state index contributed by atoms with van der Waals surface area (Å²) in [6.45, 7) is 9.12. The van der Waals surface area contributed by atoms with E-state index in [2.05, 4.69) is 30.7 Å². The summed E-state index contributed by atoms with van der Waals surface area (Å²) in [7, 11) is 2.75. The summed E-state index contributed by atoms with van der Waals surface area (Å²) in [5, 5.41) is 7.28. The third-order valence-electron chi connectivity index (χ3n) is 6.99. The standard InChI is InChI=1S/C28H38N7O4P/c1-5-38-26(36)21-17-30-35-14-11-24(31-25(21)35)33-12-6-7-23(33)20-15-19(40)16-29-22(20)10-13-34(18-8-9-18)32-27(37)39-28(2,3)4/h11,14-18,23H,5-10,12-13,40H2,1-4H3,(H,32,37)/t23-/m1/s1. The number of esters is 1. The number of hydrogen-bond donors (Lipinski definition) is 1. The van der Waals surface area contributed by atoms with Crippen molar-refractivity contribution in [3.63, 3.8) is 0 Å². The lowest BCUT2D eigenvalue weighted by Gasteiger charge is -2.29. The molecule has 0 bridgehead atoms. The maximum absolute atomic E-state index is 12.5. The highest BCUT2D eigenvalue weighted by Crippen LogP contribution is 2.37. The van der Waals surface area contributed by atoms with E-state index >= 15 is 0 Å². The Morgan fingerprint density at radius 2 is 2.02 bits per heavy atom. The van der Waals surface area contributed by atoms with Crippen LogP contribution in [0, 0.1) is 0 Å². The minimum atomic E-state index is -0.556. The lowest BCUT2D eigenvalue weighted by atomic mass is 10.0. The Hall–Kier alpha value is -3.30. The Labute approximate surface area is 236 Å². The number of carbonyl (C=O) groups is 2. The van der Waals surface area contributed by atoms with E-state index in [1.807, 2.05) is 44.2 Å². The number of rotatable bonds is 9. The van der Waals surface area contributed by atoms with Crippen LogP contribution < -0.4 is 15.6 Å². The molecule has 0 radical (unpaired) electrons. The quantitative estimate of drug-likeness (QED) is 0.235. The van der Waals surface area contributed by atoms with Gasteiger partial charge in [-0.1, -0.05) is 0 Å². The molecular formula is C28H38N7O4P. The van der Waals surface area contributed by atoms with Crippen molar-refractivity contribution in [1.82, 2.24) is 30.0 Å². The van der Waals surface area contributed by atoms with Gasteiger partial charge in [-0.2, -0.15) is 5.10 Å². The summed E-state index contributed by atoms with van der Waals surface area (Å²) in [4.78, 5) is 36.9. The molecule has 214 valence electrons. The predicted molar refractivity (Wildman–Crippen MR) is 155 cm³/mol. The number of aromatic nitrogens is 4. The van der Waals surface area contributed by atoms with E-state index in [9.17, 15) is 9.59 Å². The number of hydrazine groups is 1. The van der Waals surface area contributed by atoms with Crippen LogP contribution in [-0.2, 0) is 15.9 Å². The molecule has 40 heavy (non-hydrogen) atoms. The normalized spacial score (nSPS) is 17.4. The molecule has 3 aromatic heterocycles. The predicted octanol–water partition coefficient (Wildman–Crippen LogP) is 3.59. The minimum Gasteiger partial charge on any atom is -0.462 e. The summed E-state index contributed by atoms with van der Waals surface area (Å²) in [5.41, 5.74) is 5.38. The van der Waals surface area contributed by atoms with Gasteiger partial charge in [-0.3, -0.25) is 10.4 Å². The van der Waals surface area contributed by atoms with E-state index in [1.165, 1.54) is 6.20 Å². The van der Waals surface area contributed by atoms with Gasteiger partial charge in [0.1, 0.15) is 17.0 Å². The summed E-state index contributed by atoms with van der Waals surface area (Å²) in [6.07, 6.45) is 9.52. The van der Waals surface area contributed by atoms with Crippen molar-refractivity contribution in [2.45, 2.75) is 77.5 Å². The molecule has 3 aromatic rings. The van der Waals surface area contributed by atoms with Gasteiger partial charge in [0.25, 0.3) is 0 Å². The van der Waals surface area contributed by atoms with Gasteiger partial charge >= 0.3 is 12.1 Å². The number of pyridine rings is 1. The number of nitrogens with one attached hydrogen (secondary N) is 1. The average molecular weight is 568 g/mol. The van der Waals surface area contributed by atoms with Crippen molar-refractivity contribution < 1.29 is 19.1 Å². The minimum absolute atomic E-state index is 0.0834. The van der Waals surface area contributed by atoms with Crippen molar-refractivity contribution >= 4 is 38.1 Å². The summed E-state index contributed by atoms with van der Waals surface area (Å²) < 4.78 is 12.3. The van der Waals surface area contributed by atoms with Gasteiger partial charge < -0.3 is 14.4 Å². The van der Waals surface area contributed by atoms with Crippen molar-refractivity contribution in [2.75, 3.05) is 24.6 Å². The van der Waals surface area contributed by atoms with Crippen molar-refractivity contribution in [3.8, 4) is 0 Å². The highest BCUT2D eigenvalue weighted by atomic mass is 31.0. The van der Waals surface area contributed by atoms with Gasteiger partial charge in [0.15, 0.2) is 5.65 Å². The van der Waals surface area contributed by atoms with Crippen molar-refractivity contribution in [1.29, 1.82) is 0 Å². The molecule has 2 atom stereocenters. The van der Waals surface area contributed by atoms with Crippen LogP contribution in [0.15, 0.2) is 30.7 Å². The second-order valence-corrected chi connectivity index (χ2v) is 11.9. The summed E-state index contributed by atoms with van der Waals surface area (Å²) in [6, 6.07) is 4.52. The van der Waals surface area contributed by atoms with Gasteiger partial charge in [0.2, 0.25) is 0 Å². The van der Waals surface area contributed by atoms with Crippen LogP contribution in [0.25, 0.3) is 5.65 Å². The number of carbonyl (C=O) groups excluding carboxylic acids is 2. The summed E-state index contributed by atoms with van der Waals surface area (Å²) in [5.74, 6) is 0.356. The first-order chi connectivity index (χ1) is 19.1. The zero-order valence-electron chi connectivity index (χ0n) is 23.6. The molecule has 2 fully saturated rings. The molecule has 0 aromatic carbocycles. The second-order valence-electron chi connectivity index (χ2n) is 11.3. The van der Waals surface area contributed by atoms with Crippen LogP contribution in [0.5, 0.6) is 0 Å². The first kappa shape index (κ1) is 28.2. The van der Waals surface area contributed by atoms with Gasteiger partial charge in [-0.05, 0) is 76.4 Å². The number of anilines is 1. The van der Waals surface area contributed by atoms with Crippen LogP contribution in [0.2, 0.25) is 0 Å². The molecule has 2 aliphatic rings. The SMILES string of the molecule is CCOC(=O)c1cnn2ccc(N3CCC[C@@H]3c3cc(P)cnc3CCN(NC(=O)OC(C)(C)C)C3CC3)nc12. The fourth-order valence-electron chi connectivity index (χ4n) is 5.12. The van der Waals surface area contributed by atoms with E-state index in [1.54, 1.807) is 11.4 Å². The molecule has 5 rings (SSSR count). The van der Waals surface area contributed by atoms with Gasteiger partial charge in [-0.25, -0.2) is 24.1 Å². The molecule has 11 nitrogen and oxygen atoms in total. The zero-order chi connectivity index (χ0) is 28.4.